The van der Waals surface area contributed by atoms with E-state index in [1.807, 2.05) is 47.8 Å². The smallest absolute Gasteiger partial charge is 0.145 e. The molecule has 4 rings (SSSR count). The molecule has 0 atom stereocenters. The molecule has 1 aliphatic rings. The Morgan fingerprint density at radius 3 is 2.61 bits per heavy atom. The fraction of sp³-hybridized carbons (Fsp3) is 0.222. The maximum atomic E-state index is 5.35. The van der Waals surface area contributed by atoms with Crippen molar-refractivity contribution in [3.63, 3.8) is 0 Å². The Morgan fingerprint density at radius 1 is 1.00 bits per heavy atom. The highest BCUT2D eigenvalue weighted by atomic mass is 16.5. The van der Waals surface area contributed by atoms with E-state index in [-0.39, 0.29) is 0 Å². The number of fused-ring (bicyclic) bond motifs is 1. The molecule has 0 spiro atoms. The summed E-state index contributed by atoms with van der Waals surface area (Å²) in [5.41, 5.74) is 3.04. The summed E-state index contributed by atoms with van der Waals surface area (Å²) >= 11 is 0. The van der Waals surface area contributed by atoms with Gasteiger partial charge in [0.1, 0.15) is 11.5 Å². The van der Waals surface area contributed by atoms with Crippen molar-refractivity contribution in [1.82, 2.24) is 14.4 Å². The molecule has 0 aliphatic carbocycles. The topological polar surface area (TPSA) is 42.1 Å². The van der Waals surface area contributed by atoms with Gasteiger partial charge in [-0.25, -0.2) is 4.98 Å². The molecular weight excluding hydrogens is 288 g/mol. The molecule has 5 nitrogen and oxygen atoms in total. The maximum Gasteiger partial charge on any atom is 0.145 e. The van der Waals surface area contributed by atoms with E-state index in [0.717, 1.165) is 48.9 Å². The van der Waals surface area contributed by atoms with Crippen molar-refractivity contribution in [1.29, 1.82) is 0 Å². The number of morpholine rings is 1. The van der Waals surface area contributed by atoms with Crippen molar-refractivity contribution in [2.75, 3.05) is 26.3 Å². The molecule has 3 heterocycles. The van der Waals surface area contributed by atoms with Crippen molar-refractivity contribution in [2.45, 2.75) is 0 Å². The van der Waals surface area contributed by atoms with Crippen LogP contribution in [0.4, 0.5) is 0 Å². The molecule has 0 radical (unpaired) electrons. The lowest BCUT2D eigenvalue weighted by molar-refractivity contribution is 0.0397. The van der Waals surface area contributed by atoms with Crippen LogP contribution in [-0.4, -0.2) is 46.9 Å². The number of hydrazone groups is 1. The molecule has 0 unspecified atom stereocenters. The fourth-order valence-electron chi connectivity index (χ4n) is 2.75. The van der Waals surface area contributed by atoms with Gasteiger partial charge < -0.3 is 4.74 Å². The number of benzene rings is 1. The van der Waals surface area contributed by atoms with E-state index < -0.39 is 0 Å². The standard InChI is InChI=1S/C18H18N4O/c1-2-6-15(7-3-1)18-20-16(17-8-4-5-9-22(17)18)14-19-21-10-12-23-13-11-21/h1-9,14H,10-13H2/b19-14-. The molecule has 2 aromatic heterocycles. The Morgan fingerprint density at radius 2 is 1.78 bits per heavy atom. The van der Waals surface area contributed by atoms with Crippen LogP contribution < -0.4 is 0 Å². The Kier molecular flexibility index (Phi) is 3.78. The van der Waals surface area contributed by atoms with Crippen molar-refractivity contribution in [2.24, 2.45) is 5.10 Å². The van der Waals surface area contributed by atoms with E-state index in [4.69, 9.17) is 9.72 Å². The molecule has 5 heteroatoms. The van der Waals surface area contributed by atoms with Crippen molar-refractivity contribution in [3.05, 3.63) is 60.4 Å². The zero-order valence-electron chi connectivity index (χ0n) is 12.8. The predicted molar refractivity (Wildman–Crippen MR) is 90.6 cm³/mol. The first-order valence-corrected chi connectivity index (χ1v) is 7.81. The Bertz CT molecular complexity index is 819. The highest BCUT2D eigenvalue weighted by Crippen LogP contribution is 2.21. The normalized spacial score (nSPS) is 15.6. The van der Waals surface area contributed by atoms with Gasteiger partial charge in [-0.3, -0.25) is 9.41 Å². The van der Waals surface area contributed by atoms with Gasteiger partial charge in [-0.1, -0.05) is 36.4 Å². The predicted octanol–water partition coefficient (Wildman–Crippen LogP) is 2.67. The molecular formula is C18H18N4O. The van der Waals surface area contributed by atoms with E-state index >= 15 is 0 Å². The molecule has 1 aromatic carbocycles. The second kappa shape index (κ2) is 6.22. The fourth-order valence-corrected chi connectivity index (χ4v) is 2.75. The van der Waals surface area contributed by atoms with Gasteiger partial charge in [-0.15, -0.1) is 0 Å². The highest BCUT2D eigenvalue weighted by Gasteiger charge is 2.12. The third kappa shape index (κ3) is 2.83. The van der Waals surface area contributed by atoms with Crippen LogP contribution in [0.15, 0.2) is 59.8 Å². The lowest BCUT2D eigenvalue weighted by Gasteiger charge is -2.23. The molecule has 0 saturated carbocycles. The second-order valence-corrected chi connectivity index (χ2v) is 5.45. The van der Waals surface area contributed by atoms with Gasteiger partial charge in [0.05, 0.1) is 38.0 Å². The van der Waals surface area contributed by atoms with Gasteiger partial charge in [0.15, 0.2) is 0 Å². The molecule has 1 aliphatic heterocycles. The summed E-state index contributed by atoms with van der Waals surface area (Å²) in [5, 5.41) is 6.59. The Balaban J connectivity index is 1.74. The van der Waals surface area contributed by atoms with Crippen LogP contribution in [0, 0.1) is 0 Å². The molecule has 116 valence electrons. The average Bonchev–Trinajstić information content (AvgIpc) is 3.01. The van der Waals surface area contributed by atoms with E-state index in [1.54, 1.807) is 0 Å². The third-order valence-electron chi connectivity index (χ3n) is 3.94. The molecule has 23 heavy (non-hydrogen) atoms. The minimum Gasteiger partial charge on any atom is -0.378 e. The molecule has 0 N–H and O–H groups in total. The van der Waals surface area contributed by atoms with Gasteiger partial charge >= 0.3 is 0 Å². The molecule has 0 amide bonds. The van der Waals surface area contributed by atoms with Crippen LogP contribution in [-0.2, 0) is 4.74 Å². The molecule has 1 saturated heterocycles. The van der Waals surface area contributed by atoms with E-state index in [0.29, 0.717) is 0 Å². The molecule has 1 fully saturated rings. The van der Waals surface area contributed by atoms with Crippen molar-refractivity contribution >= 4 is 11.7 Å². The van der Waals surface area contributed by atoms with Gasteiger partial charge in [0.25, 0.3) is 0 Å². The lowest BCUT2D eigenvalue weighted by Crippen LogP contribution is -2.32. The second-order valence-electron chi connectivity index (χ2n) is 5.45. The summed E-state index contributed by atoms with van der Waals surface area (Å²) in [6, 6.07) is 16.3. The van der Waals surface area contributed by atoms with Gasteiger partial charge in [0.2, 0.25) is 0 Å². The number of hydrogen-bond acceptors (Lipinski definition) is 4. The van der Waals surface area contributed by atoms with Crippen molar-refractivity contribution in [3.8, 4) is 11.4 Å². The number of imidazole rings is 1. The first-order valence-electron chi connectivity index (χ1n) is 7.81. The van der Waals surface area contributed by atoms with E-state index in [1.165, 1.54) is 0 Å². The quantitative estimate of drug-likeness (QED) is 0.699. The van der Waals surface area contributed by atoms with Crippen LogP contribution >= 0.6 is 0 Å². The van der Waals surface area contributed by atoms with E-state index in [2.05, 4.69) is 27.7 Å². The van der Waals surface area contributed by atoms with Crippen LogP contribution in [0.25, 0.3) is 16.9 Å². The maximum absolute atomic E-state index is 5.35. The van der Waals surface area contributed by atoms with Gasteiger partial charge in [0, 0.05) is 11.8 Å². The zero-order chi connectivity index (χ0) is 15.5. The third-order valence-corrected chi connectivity index (χ3v) is 3.94. The Labute approximate surface area is 134 Å². The zero-order valence-corrected chi connectivity index (χ0v) is 12.8. The summed E-state index contributed by atoms with van der Waals surface area (Å²) in [7, 11) is 0. The van der Waals surface area contributed by atoms with E-state index in [9.17, 15) is 0 Å². The van der Waals surface area contributed by atoms with Crippen LogP contribution in [0.5, 0.6) is 0 Å². The summed E-state index contributed by atoms with van der Waals surface area (Å²) in [6.45, 7) is 3.12. The number of ether oxygens (including phenoxy) is 1. The average molecular weight is 306 g/mol. The SMILES string of the molecule is C(=N/N1CCOCC1)/c1nc(-c2ccccc2)n2ccccc12. The van der Waals surface area contributed by atoms with Crippen molar-refractivity contribution < 1.29 is 4.74 Å². The largest absolute Gasteiger partial charge is 0.378 e. The first kappa shape index (κ1) is 14.0. The van der Waals surface area contributed by atoms with Crippen LogP contribution in [0.2, 0.25) is 0 Å². The summed E-state index contributed by atoms with van der Waals surface area (Å²) in [4.78, 5) is 4.80. The van der Waals surface area contributed by atoms with Crippen LogP contribution in [0.3, 0.4) is 0 Å². The number of nitrogens with zero attached hydrogens (tertiary/aromatic N) is 4. The number of hydrogen-bond donors (Lipinski definition) is 0. The summed E-state index contributed by atoms with van der Waals surface area (Å²) in [5.74, 6) is 0.935. The Hall–Kier alpha value is -2.66. The highest BCUT2D eigenvalue weighted by molar-refractivity contribution is 5.88. The lowest BCUT2D eigenvalue weighted by atomic mass is 10.2. The summed E-state index contributed by atoms with van der Waals surface area (Å²) in [6.07, 6.45) is 3.89. The molecule has 0 bridgehead atoms. The monoisotopic (exact) mass is 306 g/mol. The van der Waals surface area contributed by atoms with Gasteiger partial charge in [-0.05, 0) is 12.1 Å². The van der Waals surface area contributed by atoms with Crippen LogP contribution in [0.1, 0.15) is 5.69 Å². The minimum atomic E-state index is 0.733. The number of aromatic nitrogens is 2. The molecule has 3 aromatic rings. The number of rotatable bonds is 3. The summed E-state index contributed by atoms with van der Waals surface area (Å²) < 4.78 is 7.46. The first-order chi connectivity index (χ1) is 11.4. The minimum absolute atomic E-state index is 0.733. The van der Waals surface area contributed by atoms with Gasteiger partial charge in [-0.2, -0.15) is 5.10 Å². The number of pyridine rings is 1.